The molecule has 0 heterocycles. The van der Waals surface area contributed by atoms with Gasteiger partial charge in [0.1, 0.15) is 5.82 Å². The van der Waals surface area contributed by atoms with Crippen LogP contribution in [0, 0.1) is 5.82 Å². The average Bonchev–Trinajstić information content (AvgIpc) is 2.49. The van der Waals surface area contributed by atoms with Crippen molar-refractivity contribution in [3.63, 3.8) is 0 Å². The van der Waals surface area contributed by atoms with E-state index in [0.29, 0.717) is 12.3 Å². The normalized spacial score (nSPS) is 10.4. The van der Waals surface area contributed by atoms with E-state index < -0.39 is 18.8 Å². The number of methoxy groups -OCH3 is 1. The lowest BCUT2D eigenvalue weighted by atomic mass is 9.79. The summed E-state index contributed by atoms with van der Waals surface area (Å²) < 4.78 is 18.6. The molecule has 0 radical (unpaired) electrons. The fraction of sp³-hybridized carbons (Fsp3) is 0.133. The maximum atomic E-state index is 13.6. The zero-order chi connectivity index (χ0) is 16.1. The van der Waals surface area contributed by atoms with E-state index in [1.807, 2.05) is 12.1 Å². The molecular weight excluding hydrogens is 288 g/mol. The SMILES string of the molecule is COCc1ccc(NC(=O)c2ccc(B(O)O)c(F)c2)cc1. The summed E-state index contributed by atoms with van der Waals surface area (Å²) in [5.41, 5.74) is 1.34. The average molecular weight is 303 g/mol. The van der Waals surface area contributed by atoms with Crippen molar-refractivity contribution in [2.75, 3.05) is 12.4 Å². The molecule has 22 heavy (non-hydrogen) atoms. The predicted molar refractivity (Wildman–Crippen MR) is 81.3 cm³/mol. The van der Waals surface area contributed by atoms with Crippen LogP contribution in [0.5, 0.6) is 0 Å². The van der Waals surface area contributed by atoms with Gasteiger partial charge in [-0.3, -0.25) is 4.79 Å². The van der Waals surface area contributed by atoms with Crippen molar-refractivity contribution in [2.24, 2.45) is 0 Å². The van der Waals surface area contributed by atoms with Crippen LogP contribution in [0.15, 0.2) is 42.5 Å². The van der Waals surface area contributed by atoms with Gasteiger partial charge in [0.05, 0.1) is 6.61 Å². The van der Waals surface area contributed by atoms with Crippen molar-refractivity contribution in [1.29, 1.82) is 0 Å². The van der Waals surface area contributed by atoms with Crippen LogP contribution >= 0.6 is 0 Å². The maximum absolute atomic E-state index is 13.6. The Kier molecular flexibility index (Phi) is 5.27. The van der Waals surface area contributed by atoms with Crippen molar-refractivity contribution in [2.45, 2.75) is 6.61 Å². The van der Waals surface area contributed by atoms with Gasteiger partial charge in [0, 0.05) is 23.8 Å². The van der Waals surface area contributed by atoms with Crippen LogP contribution in [0.1, 0.15) is 15.9 Å². The molecule has 0 aliphatic rings. The van der Waals surface area contributed by atoms with E-state index in [9.17, 15) is 9.18 Å². The summed E-state index contributed by atoms with van der Waals surface area (Å²) in [7, 11) is -0.317. The first-order valence-electron chi connectivity index (χ1n) is 6.56. The second kappa shape index (κ2) is 7.17. The number of halogens is 1. The third-order valence-electron chi connectivity index (χ3n) is 3.06. The molecule has 0 aliphatic carbocycles. The Bertz CT molecular complexity index is 661. The molecule has 0 spiro atoms. The largest absolute Gasteiger partial charge is 0.491 e. The second-order valence-corrected chi connectivity index (χ2v) is 4.69. The number of nitrogens with one attached hydrogen (secondary N) is 1. The topological polar surface area (TPSA) is 78.8 Å². The molecule has 0 saturated carbocycles. The number of anilines is 1. The second-order valence-electron chi connectivity index (χ2n) is 4.69. The lowest BCUT2D eigenvalue weighted by molar-refractivity contribution is 0.102. The highest BCUT2D eigenvalue weighted by Crippen LogP contribution is 2.12. The van der Waals surface area contributed by atoms with E-state index in [4.69, 9.17) is 14.8 Å². The first-order valence-corrected chi connectivity index (χ1v) is 6.56. The van der Waals surface area contributed by atoms with E-state index in [1.54, 1.807) is 19.2 Å². The Morgan fingerprint density at radius 1 is 1.23 bits per heavy atom. The molecule has 0 aromatic heterocycles. The summed E-state index contributed by atoms with van der Waals surface area (Å²) in [6, 6.07) is 10.5. The maximum Gasteiger partial charge on any atom is 0.491 e. The minimum atomic E-state index is -1.91. The molecule has 2 aromatic rings. The van der Waals surface area contributed by atoms with Crippen LogP contribution in [-0.4, -0.2) is 30.2 Å². The minimum absolute atomic E-state index is 0.0860. The van der Waals surface area contributed by atoms with Crippen LogP contribution in [-0.2, 0) is 11.3 Å². The van der Waals surface area contributed by atoms with E-state index >= 15 is 0 Å². The molecule has 5 nitrogen and oxygen atoms in total. The highest BCUT2D eigenvalue weighted by atomic mass is 19.1. The van der Waals surface area contributed by atoms with Crippen molar-refractivity contribution in [1.82, 2.24) is 0 Å². The van der Waals surface area contributed by atoms with E-state index in [1.165, 1.54) is 6.07 Å². The van der Waals surface area contributed by atoms with Gasteiger partial charge in [-0.05, 0) is 29.8 Å². The van der Waals surface area contributed by atoms with Crippen molar-refractivity contribution in [3.05, 3.63) is 59.4 Å². The van der Waals surface area contributed by atoms with E-state index in [0.717, 1.165) is 17.7 Å². The molecule has 0 atom stereocenters. The van der Waals surface area contributed by atoms with Gasteiger partial charge < -0.3 is 20.1 Å². The molecule has 0 fully saturated rings. The molecule has 7 heteroatoms. The Morgan fingerprint density at radius 3 is 2.45 bits per heavy atom. The van der Waals surface area contributed by atoms with Crippen LogP contribution in [0.4, 0.5) is 10.1 Å². The number of carbonyl (C=O) groups is 1. The van der Waals surface area contributed by atoms with Gasteiger partial charge in [-0.25, -0.2) is 4.39 Å². The number of carbonyl (C=O) groups excluding carboxylic acids is 1. The Balaban J connectivity index is 2.10. The van der Waals surface area contributed by atoms with Gasteiger partial charge >= 0.3 is 7.12 Å². The van der Waals surface area contributed by atoms with Crippen molar-refractivity contribution in [3.8, 4) is 0 Å². The van der Waals surface area contributed by atoms with Crippen molar-refractivity contribution < 1.29 is 24.0 Å². The Morgan fingerprint density at radius 2 is 1.91 bits per heavy atom. The van der Waals surface area contributed by atoms with Crippen LogP contribution < -0.4 is 10.8 Å². The lowest BCUT2D eigenvalue weighted by Gasteiger charge is -2.08. The Hall–Kier alpha value is -2.22. The quantitative estimate of drug-likeness (QED) is 0.717. The molecule has 0 aliphatic heterocycles. The molecule has 0 unspecified atom stereocenters. The van der Waals surface area contributed by atoms with Gasteiger partial charge in [-0.2, -0.15) is 0 Å². The summed E-state index contributed by atoms with van der Waals surface area (Å²) >= 11 is 0. The molecule has 1 amide bonds. The summed E-state index contributed by atoms with van der Waals surface area (Å²) in [5, 5.41) is 20.5. The number of benzene rings is 2. The third-order valence-corrected chi connectivity index (χ3v) is 3.06. The number of hydrogen-bond donors (Lipinski definition) is 3. The fourth-order valence-electron chi connectivity index (χ4n) is 1.93. The van der Waals surface area contributed by atoms with E-state index in [2.05, 4.69) is 5.32 Å². The first-order chi connectivity index (χ1) is 10.5. The van der Waals surface area contributed by atoms with Crippen LogP contribution in [0.2, 0.25) is 0 Å². The third kappa shape index (κ3) is 3.91. The van der Waals surface area contributed by atoms with Crippen molar-refractivity contribution >= 4 is 24.2 Å². The number of ether oxygens (including phenoxy) is 1. The molecule has 2 aromatic carbocycles. The summed E-state index contributed by atoms with van der Waals surface area (Å²) in [4.78, 5) is 12.0. The van der Waals surface area contributed by atoms with Crippen LogP contribution in [0.25, 0.3) is 0 Å². The predicted octanol–water partition coefficient (Wildman–Crippen LogP) is 0.904. The van der Waals surface area contributed by atoms with Gasteiger partial charge in [-0.1, -0.05) is 18.2 Å². The zero-order valence-corrected chi connectivity index (χ0v) is 11.9. The molecule has 2 rings (SSSR count). The lowest BCUT2D eigenvalue weighted by Crippen LogP contribution is -2.33. The van der Waals surface area contributed by atoms with Gasteiger partial charge in [0.15, 0.2) is 0 Å². The van der Waals surface area contributed by atoms with E-state index in [-0.39, 0.29) is 11.0 Å². The van der Waals surface area contributed by atoms with Crippen LogP contribution in [0.3, 0.4) is 0 Å². The van der Waals surface area contributed by atoms with Gasteiger partial charge in [0.25, 0.3) is 5.91 Å². The molecule has 114 valence electrons. The molecular formula is C15H15BFNO4. The Labute approximate surface area is 127 Å². The number of hydrogen-bond acceptors (Lipinski definition) is 4. The fourth-order valence-corrected chi connectivity index (χ4v) is 1.93. The highest BCUT2D eigenvalue weighted by molar-refractivity contribution is 6.58. The number of rotatable bonds is 5. The standard InChI is InChI=1S/C15H15BFNO4/c1-22-9-10-2-5-12(6-3-10)18-15(19)11-4-7-13(16(20)21)14(17)8-11/h2-8,20-21H,9H2,1H3,(H,18,19). The minimum Gasteiger partial charge on any atom is -0.423 e. The summed E-state index contributed by atoms with van der Waals surface area (Å²) in [6.45, 7) is 0.477. The molecule has 0 bridgehead atoms. The summed E-state index contributed by atoms with van der Waals surface area (Å²) in [6.07, 6.45) is 0. The first kappa shape index (κ1) is 16.2. The van der Waals surface area contributed by atoms with Gasteiger partial charge in [-0.15, -0.1) is 0 Å². The number of amides is 1. The monoisotopic (exact) mass is 303 g/mol. The zero-order valence-electron chi connectivity index (χ0n) is 11.9. The van der Waals surface area contributed by atoms with Gasteiger partial charge in [0.2, 0.25) is 0 Å². The summed E-state index contributed by atoms with van der Waals surface area (Å²) in [5.74, 6) is -1.34. The molecule has 0 saturated heterocycles. The highest BCUT2D eigenvalue weighted by Gasteiger charge is 2.18. The smallest absolute Gasteiger partial charge is 0.423 e. The molecule has 3 N–H and O–H groups in total.